The van der Waals surface area contributed by atoms with Crippen molar-refractivity contribution in [2.45, 2.75) is 25.3 Å². The average Bonchev–Trinajstić information content (AvgIpc) is 2.03. The smallest absolute Gasteiger partial charge is 0.294 e. The number of piperidine rings is 1. The van der Waals surface area contributed by atoms with Gasteiger partial charge in [0.15, 0.2) is 0 Å². The highest BCUT2D eigenvalue weighted by Crippen LogP contribution is 2.09. The zero-order chi connectivity index (χ0) is 8.10. The minimum Gasteiger partial charge on any atom is -0.312 e. The lowest BCUT2D eigenvalue weighted by molar-refractivity contribution is -0.758. The van der Waals surface area contributed by atoms with Crippen LogP contribution in [0.25, 0.3) is 0 Å². The zero-order valence-corrected chi connectivity index (χ0v) is 6.16. The van der Waals surface area contributed by atoms with Crippen molar-refractivity contribution in [1.82, 2.24) is 5.32 Å². The first-order valence-corrected chi connectivity index (χ1v) is 3.64. The van der Waals surface area contributed by atoms with Gasteiger partial charge in [0, 0.05) is 12.6 Å². The SMILES string of the molecule is O=[N+]([O-])OCC1CCC[CH]N1. The Morgan fingerprint density at radius 2 is 2.64 bits per heavy atom. The van der Waals surface area contributed by atoms with E-state index in [1.54, 1.807) is 0 Å². The monoisotopic (exact) mass is 159 g/mol. The van der Waals surface area contributed by atoms with Crippen LogP contribution in [0.3, 0.4) is 0 Å². The Hall–Kier alpha value is -0.840. The van der Waals surface area contributed by atoms with Crippen LogP contribution in [0.1, 0.15) is 19.3 Å². The second-order valence-corrected chi connectivity index (χ2v) is 2.52. The molecule has 0 aromatic heterocycles. The summed E-state index contributed by atoms with van der Waals surface area (Å²) in [6, 6.07) is 0.120. The fraction of sp³-hybridized carbons (Fsp3) is 0.833. The third-order valence-electron chi connectivity index (χ3n) is 1.64. The average molecular weight is 159 g/mol. The van der Waals surface area contributed by atoms with Gasteiger partial charge in [0.1, 0.15) is 6.61 Å². The molecule has 1 aliphatic rings. The van der Waals surface area contributed by atoms with Crippen molar-refractivity contribution in [2.75, 3.05) is 6.61 Å². The van der Waals surface area contributed by atoms with Gasteiger partial charge in [-0.3, -0.25) is 0 Å². The highest BCUT2D eigenvalue weighted by molar-refractivity contribution is 4.77. The lowest BCUT2D eigenvalue weighted by atomic mass is 10.1. The molecule has 5 heteroatoms. The molecule has 0 aromatic rings. The van der Waals surface area contributed by atoms with Crippen LogP contribution >= 0.6 is 0 Å². The van der Waals surface area contributed by atoms with Crippen LogP contribution in [0.4, 0.5) is 0 Å². The number of hydrogen-bond donors (Lipinski definition) is 1. The van der Waals surface area contributed by atoms with Crippen LogP contribution in [0.2, 0.25) is 0 Å². The maximum absolute atomic E-state index is 9.79. The van der Waals surface area contributed by atoms with Crippen molar-refractivity contribution in [2.24, 2.45) is 0 Å². The van der Waals surface area contributed by atoms with Gasteiger partial charge in [-0.15, -0.1) is 10.1 Å². The van der Waals surface area contributed by atoms with Crippen molar-refractivity contribution in [3.05, 3.63) is 16.7 Å². The summed E-state index contributed by atoms with van der Waals surface area (Å²) in [4.78, 5) is 14.0. The fourth-order valence-electron chi connectivity index (χ4n) is 1.08. The van der Waals surface area contributed by atoms with Crippen LogP contribution in [-0.4, -0.2) is 17.7 Å². The van der Waals surface area contributed by atoms with Crippen LogP contribution in [0.15, 0.2) is 0 Å². The van der Waals surface area contributed by atoms with Gasteiger partial charge in [0.2, 0.25) is 0 Å². The normalized spacial score (nSPS) is 24.5. The lowest BCUT2D eigenvalue weighted by Crippen LogP contribution is -2.35. The molecule has 1 heterocycles. The quantitative estimate of drug-likeness (QED) is 0.481. The first kappa shape index (κ1) is 8.26. The Balaban J connectivity index is 2.09. The summed E-state index contributed by atoms with van der Waals surface area (Å²) in [6.07, 6.45) is 3.07. The summed E-state index contributed by atoms with van der Waals surface area (Å²) in [6.45, 7) is 2.08. The maximum Gasteiger partial charge on any atom is 0.294 e. The second kappa shape index (κ2) is 4.12. The van der Waals surface area contributed by atoms with Crippen LogP contribution in [0.5, 0.6) is 0 Å². The summed E-state index contributed by atoms with van der Waals surface area (Å²) in [7, 11) is 0. The van der Waals surface area contributed by atoms with Crippen LogP contribution in [-0.2, 0) is 4.84 Å². The molecule has 11 heavy (non-hydrogen) atoms. The predicted molar refractivity (Wildman–Crippen MR) is 38.0 cm³/mol. The van der Waals surface area contributed by atoms with E-state index in [9.17, 15) is 10.1 Å². The minimum atomic E-state index is -0.754. The molecule has 1 aliphatic heterocycles. The van der Waals surface area contributed by atoms with E-state index in [4.69, 9.17) is 0 Å². The number of nitrogens with zero attached hydrogens (tertiary/aromatic N) is 1. The summed E-state index contributed by atoms with van der Waals surface area (Å²) >= 11 is 0. The van der Waals surface area contributed by atoms with E-state index >= 15 is 0 Å². The van der Waals surface area contributed by atoms with Crippen LogP contribution < -0.4 is 5.32 Å². The summed E-state index contributed by atoms with van der Waals surface area (Å²) in [5.74, 6) is 0. The molecule has 0 amide bonds. The first-order chi connectivity index (χ1) is 5.29. The highest BCUT2D eigenvalue weighted by atomic mass is 16.9. The third kappa shape index (κ3) is 3.18. The Bertz CT molecular complexity index is 134. The van der Waals surface area contributed by atoms with Gasteiger partial charge in [-0.1, -0.05) is 6.42 Å². The van der Waals surface area contributed by atoms with Gasteiger partial charge >= 0.3 is 0 Å². The molecular formula is C6H11N2O3. The van der Waals surface area contributed by atoms with E-state index in [2.05, 4.69) is 10.2 Å². The highest BCUT2D eigenvalue weighted by Gasteiger charge is 2.13. The molecule has 1 atom stereocenters. The first-order valence-electron chi connectivity index (χ1n) is 3.64. The van der Waals surface area contributed by atoms with Gasteiger partial charge in [-0.25, -0.2) is 0 Å². The molecule has 0 bridgehead atoms. The van der Waals surface area contributed by atoms with Crippen molar-refractivity contribution < 1.29 is 9.92 Å². The molecule has 0 aromatic carbocycles. The summed E-state index contributed by atoms with van der Waals surface area (Å²) in [5.41, 5.74) is 0. The third-order valence-corrected chi connectivity index (χ3v) is 1.64. The predicted octanol–water partition coefficient (Wildman–Crippen LogP) is 0.499. The molecular weight excluding hydrogens is 148 g/mol. The van der Waals surface area contributed by atoms with Crippen molar-refractivity contribution in [1.29, 1.82) is 0 Å². The van der Waals surface area contributed by atoms with Gasteiger partial charge in [-0.05, 0) is 12.8 Å². The Kier molecular flexibility index (Phi) is 3.10. The molecule has 5 nitrogen and oxygen atoms in total. The molecule has 0 saturated carbocycles. The summed E-state index contributed by atoms with van der Waals surface area (Å²) < 4.78 is 0. The van der Waals surface area contributed by atoms with Gasteiger partial charge in [0.25, 0.3) is 5.09 Å². The molecule has 0 aliphatic carbocycles. The fourth-order valence-corrected chi connectivity index (χ4v) is 1.08. The van der Waals surface area contributed by atoms with E-state index < -0.39 is 5.09 Å². The van der Waals surface area contributed by atoms with Gasteiger partial charge < -0.3 is 10.2 Å². The maximum atomic E-state index is 9.79. The standard InChI is InChI=1S/C6H11N2O3/c9-8(10)11-5-6-3-1-2-4-7-6/h4,6-7H,1-3,5H2. The lowest BCUT2D eigenvalue weighted by Gasteiger charge is -2.21. The molecule has 63 valence electrons. The minimum absolute atomic E-state index is 0.120. The van der Waals surface area contributed by atoms with E-state index in [1.165, 1.54) is 0 Å². The van der Waals surface area contributed by atoms with Gasteiger partial charge in [-0.2, -0.15) is 0 Å². The van der Waals surface area contributed by atoms with E-state index in [1.807, 2.05) is 6.54 Å². The molecule has 0 spiro atoms. The Labute approximate surface area is 64.8 Å². The van der Waals surface area contributed by atoms with E-state index in [-0.39, 0.29) is 12.6 Å². The molecule has 1 fully saturated rings. The molecule has 1 unspecified atom stereocenters. The largest absolute Gasteiger partial charge is 0.312 e. The zero-order valence-electron chi connectivity index (χ0n) is 6.16. The van der Waals surface area contributed by atoms with Gasteiger partial charge in [0.05, 0.1) is 0 Å². The topological polar surface area (TPSA) is 64.4 Å². The van der Waals surface area contributed by atoms with Crippen LogP contribution in [0, 0.1) is 16.7 Å². The Morgan fingerprint density at radius 1 is 1.82 bits per heavy atom. The second-order valence-electron chi connectivity index (χ2n) is 2.52. The van der Waals surface area contributed by atoms with E-state index in [0.29, 0.717) is 0 Å². The number of nitrogens with one attached hydrogen (secondary N) is 1. The number of rotatable bonds is 3. The van der Waals surface area contributed by atoms with E-state index in [0.717, 1.165) is 19.3 Å². The number of hydrogen-bond acceptors (Lipinski definition) is 4. The molecule has 1 radical (unpaired) electrons. The van der Waals surface area contributed by atoms with Crippen molar-refractivity contribution in [3.8, 4) is 0 Å². The molecule has 1 saturated heterocycles. The molecule has 1 rings (SSSR count). The molecule has 1 N–H and O–H groups in total. The van der Waals surface area contributed by atoms with Crippen molar-refractivity contribution >= 4 is 0 Å². The Morgan fingerprint density at radius 3 is 3.18 bits per heavy atom. The van der Waals surface area contributed by atoms with Crippen molar-refractivity contribution in [3.63, 3.8) is 0 Å². The summed E-state index contributed by atoms with van der Waals surface area (Å²) in [5, 5.41) is 12.1.